The molecule has 1 heterocycles. The Kier molecular flexibility index (Phi) is 3.19. The van der Waals surface area contributed by atoms with E-state index in [9.17, 15) is 0 Å². The molecule has 0 saturated carbocycles. The van der Waals surface area contributed by atoms with Crippen molar-refractivity contribution in [2.45, 2.75) is 17.6 Å². The van der Waals surface area contributed by atoms with Crippen LogP contribution in [0.4, 0.5) is 0 Å². The van der Waals surface area contributed by atoms with Gasteiger partial charge in [-0.15, -0.1) is 11.8 Å². The second-order valence-electron chi connectivity index (χ2n) is 3.68. The van der Waals surface area contributed by atoms with Gasteiger partial charge in [-0.25, -0.2) is 0 Å². The number of aromatic nitrogens is 2. The molecule has 16 heavy (non-hydrogen) atoms. The zero-order valence-electron chi connectivity index (χ0n) is 9.34. The monoisotopic (exact) mass is 234 g/mol. The van der Waals surface area contributed by atoms with Crippen LogP contribution in [-0.2, 0) is 12.8 Å². The first-order valence-electron chi connectivity index (χ1n) is 5.06. The number of aryl methyl sites for hydroxylation is 2. The number of thioether (sulfide) groups is 1. The summed E-state index contributed by atoms with van der Waals surface area (Å²) in [6.45, 7) is 1.99. The topological polar surface area (TPSA) is 38.0 Å². The average Bonchev–Trinajstić information content (AvgIpc) is 2.57. The molecule has 84 valence electrons. The normalized spacial score (nSPS) is 10.6. The molecule has 1 N–H and O–H groups in total. The van der Waals surface area contributed by atoms with E-state index in [-0.39, 0.29) is 0 Å². The first kappa shape index (κ1) is 11.1. The Labute approximate surface area is 99.1 Å². The minimum atomic E-state index is 0.306. The number of hydrogen-bond donors (Lipinski definition) is 1. The highest BCUT2D eigenvalue weighted by atomic mass is 32.2. The molecule has 1 aromatic heterocycles. The maximum atomic E-state index is 9.17. The number of benzene rings is 1. The lowest BCUT2D eigenvalue weighted by molar-refractivity contribution is 0.475. The summed E-state index contributed by atoms with van der Waals surface area (Å²) in [5.74, 6) is 1.20. The highest BCUT2D eigenvalue weighted by molar-refractivity contribution is 7.98. The quantitative estimate of drug-likeness (QED) is 0.830. The van der Waals surface area contributed by atoms with Gasteiger partial charge in [0.1, 0.15) is 5.75 Å². The second-order valence-corrected chi connectivity index (χ2v) is 4.73. The van der Waals surface area contributed by atoms with E-state index in [2.05, 4.69) is 11.2 Å². The standard InChI is InChI=1S/C12H14N2OS/c1-9-7-10(14(2)13-9)8-16-12-5-3-11(15)4-6-12/h3-7,15H,8H2,1-2H3. The number of phenols is 1. The molecule has 2 aromatic rings. The number of hydrogen-bond acceptors (Lipinski definition) is 3. The molecule has 0 aliphatic heterocycles. The molecule has 1 aromatic carbocycles. The average molecular weight is 234 g/mol. The third-order valence-electron chi connectivity index (χ3n) is 2.32. The van der Waals surface area contributed by atoms with E-state index >= 15 is 0 Å². The third-order valence-corrected chi connectivity index (χ3v) is 3.37. The van der Waals surface area contributed by atoms with Crippen molar-refractivity contribution in [2.24, 2.45) is 7.05 Å². The van der Waals surface area contributed by atoms with Crippen molar-refractivity contribution in [3.63, 3.8) is 0 Å². The van der Waals surface area contributed by atoms with E-state index < -0.39 is 0 Å². The van der Waals surface area contributed by atoms with Crippen molar-refractivity contribution in [1.82, 2.24) is 9.78 Å². The van der Waals surface area contributed by atoms with Crippen molar-refractivity contribution in [2.75, 3.05) is 0 Å². The number of aromatic hydroxyl groups is 1. The highest BCUT2D eigenvalue weighted by Gasteiger charge is 2.02. The van der Waals surface area contributed by atoms with Gasteiger partial charge in [-0.2, -0.15) is 5.10 Å². The molecule has 0 atom stereocenters. The van der Waals surface area contributed by atoms with Crippen LogP contribution in [0.5, 0.6) is 5.75 Å². The minimum Gasteiger partial charge on any atom is -0.508 e. The summed E-state index contributed by atoms with van der Waals surface area (Å²) in [6, 6.07) is 9.34. The molecule has 0 spiro atoms. The molecule has 0 bridgehead atoms. The van der Waals surface area contributed by atoms with Gasteiger partial charge in [-0.05, 0) is 37.3 Å². The smallest absolute Gasteiger partial charge is 0.115 e. The van der Waals surface area contributed by atoms with Crippen molar-refractivity contribution < 1.29 is 5.11 Å². The highest BCUT2D eigenvalue weighted by Crippen LogP contribution is 2.24. The first-order chi connectivity index (χ1) is 7.65. The van der Waals surface area contributed by atoms with Crippen molar-refractivity contribution >= 4 is 11.8 Å². The third kappa shape index (κ3) is 2.58. The lowest BCUT2D eigenvalue weighted by atomic mass is 10.3. The SMILES string of the molecule is Cc1cc(CSc2ccc(O)cc2)n(C)n1. The fraction of sp³-hybridized carbons (Fsp3) is 0.250. The Balaban J connectivity index is 2.02. The van der Waals surface area contributed by atoms with Gasteiger partial charge in [0, 0.05) is 23.4 Å². The first-order valence-corrected chi connectivity index (χ1v) is 6.05. The maximum Gasteiger partial charge on any atom is 0.115 e. The van der Waals surface area contributed by atoms with Crippen LogP contribution >= 0.6 is 11.8 Å². The van der Waals surface area contributed by atoms with Crippen LogP contribution in [0.2, 0.25) is 0 Å². The summed E-state index contributed by atoms with van der Waals surface area (Å²) in [4.78, 5) is 1.15. The molecule has 3 nitrogen and oxygen atoms in total. The molecule has 0 unspecified atom stereocenters. The Hall–Kier alpha value is -1.42. The van der Waals surface area contributed by atoms with Crippen LogP contribution in [0.25, 0.3) is 0 Å². The Morgan fingerprint density at radius 1 is 1.31 bits per heavy atom. The van der Waals surface area contributed by atoms with Crippen LogP contribution in [0, 0.1) is 6.92 Å². The summed E-state index contributed by atoms with van der Waals surface area (Å²) in [7, 11) is 1.96. The fourth-order valence-electron chi connectivity index (χ4n) is 1.50. The lowest BCUT2D eigenvalue weighted by Gasteiger charge is -2.02. The number of phenolic OH excluding ortho intramolecular Hbond substituents is 1. The molecule has 0 amide bonds. The fourth-order valence-corrected chi connectivity index (χ4v) is 2.41. The molecular formula is C12H14N2OS. The van der Waals surface area contributed by atoms with Gasteiger partial charge in [0.15, 0.2) is 0 Å². The van der Waals surface area contributed by atoms with E-state index in [1.807, 2.05) is 30.8 Å². The predicted octanol–water partition coefficient (Wildman–Crippen LogP) is 2.73. The number of nitrogens with zero attached hydrogens (tertiary/aromatic N) is 2. The summed E-state index contributed by atoms with van der Waals surface area (Å²) in [6.07, 6.45) is 0. The van der Waals surface area contributed by atoms with Crippen LogP contribution in [0.1, 0.15) is 11.4 Å². The van der Waals surface area contributed by atoms with E-state index in [0.29, 0.717) is 5.75 Å². The molecule has 0 radical (unpaired) electrons. The van der Waals surface area contributed by atoms with Gasteiger partial charge >= 0.3 is 0 Å². The van der Waals surface area contributed by atoms with Gasteiger partial charge in [0.05, 0.1) is 5.69 Å². The summed E-state index contributed by atoms with van der Waals surface area (Å²) < 4.78 is 1.91. The van der Waals surface area contributed by atoms with Crippen molar-refractivity contribution in [1.29, 1.82) is 0 Å². The van der Waals surface area contributed by atoms with Crippen LogP contribution in [0.15, 0.2) is 35.2 Å². The van der Waals surface area contributed by atoms with E-state index in [4.69, 9.17) is 5.11 Å². The van der Waals surface area contributed by atoms with E-state index in [1.165, 1.54) is 5.69 Å². The summed E-state index contributed by atoms with van der Waals surface area (Å²) in [5, 5.41) is 13.5. The molecule has 0 fully saturated rings. The van der Waals surface area contributed by atoms with Gasteiger partial charge in [0.2, 0.25) is 0 Å². The van der Waals surface area contributed by atoms with Gasteiger partial charge < -0.3 is 5.11 Å². The van der Waals surface area contributed by atoms with Gasteiger partial charge in [-0.1, -0.05) is 0 Å². The number of rotatable bonds is 3. The van der Waals surface area contributed by atoms with E-state index in [1.54, 1.807) is 23.9 Å². The zero-order chi connectivity index (χ0) is 11.5. The molecular weight excluding hydrogens is 220 g/mol. The Morgan fingerprint density at radius 3 is 2.56 bits per heavy atom. The molecule has 0 aliphatic rings. The molecule has 0 saturated heterocycles. The van der Waals surface area contributed by atoms with Gasteiger partial charge in [0.25, 0.3) is 0 Å². The molecule has 2 rings (SSSR count). The van der Waals surface area contributed by atoms with E-state index in [0.717, 1.165) is 16.3 Å². The molecule has 4 heteroatoms. The Morgan fingerprint density at radius 2 is 2.00 bits per heavy atom. The van der Waals surface area contributed by atoms with Gasteiger partial charge in [-0.3, -0.25) is 4.68 Å². The Bertz CT molecular complexity index is 476. The van der Waals surface area contributed by atoms with Crippen LogP contribution < -0.4 is 0 Å². The predicted molar refractivity (Wildman–Crippen MR) is 65.6 cm³/mol. The second kappa shape index (κ2) is 4.61. The van der Waals surface area contributed by atoms with Crippen LogP contribution in [-0.4, -0.2) is 14.9 Å². The maximum absolute atomic E-state index is 9.17. The summed E-state index contributed by atoms with van der Waals surface area (Å²) >= 11 is 1.74. The largest absolute Gasteiger partial charge is 0.508 e. The lowest BCUT2D eigenvalue weighted by Crippen LogP contribution is -1.96. The van der Waals surface area contributed by atoms with Crippen molar-refractivity contribution in [3.05, 3.63) is 41.7 Å². The summed E-state index contributed by atoms with van der Waals surface area (Å²) in [5.41, 5.74) is 2.25. The zero-order valence-corrected chi connectivity index (χ0v) is 10.2. The minimum absolute atomic E-state index is 0.306. The van der Waals surface area contributed by atoms with Crippen molar-refractivity contribution in [3.8, 4) is 5.75 Å². The molecule has 0 aliphatic carbocycles. The van der Waals surface area contributed by atoms with Crippen LogP contribution in [0.3, 0.4) is 0 Å².